The van der Waals surface area contributed by atoms with Crippen LogP contribution in [-0.2, 0) is 20.1 Å². The zero-order valence-electron chi connectivity index (χ0n) is 15.3. The first-order valence-electron chi connectivity index (χ1n) is 8.54. The largest absolute Gasteiger partial charge is 0.462 e. The molecule has 0 radical (unpaired) electrons. The molecule has 3 rings (SSSR count). The minimum absolute atomic E-state index is 0.00693. The molecule has 0 bridgehead atoms. The summed E-state index contributed by atoms with van der Waals surface area (Å²) in [5, 5.41) is 6.31. The molecule has 3 aromatic rings. The fraction of sp³-hybridized carbons (Fsp3) is 0.150. The Kier molecular flexibility index (Phi) is 6.80. The van der Waals surface area contributed by atoms with Crippen LogP contribution in [0.4, 0.5) is 0 Å². The van der Waals surface area contributed by atoms with Crippen molar-refractivity contribution in [1.82, 2.24) is 0 Å². The van der Waals surface area contributed by atoms with Crippen LogP contribution in [0.25, 0.3) is 21.6 Å². The van der Waals surface area contributed by atoms with E-state index in [1.807, 2.05) is 12.1 Å². The monoisotopic (exact) mass is 513 g/mol. The molecule has 0 aliphatic heterocycles. The lowest BCUT2D eigenvalue weighted by Crippen LogP contribution is -2.11. The zero-order chi connectivity index (χ0) is 21.2. The number of carbonyl (C=O) groups excluding carboxylic acids is 1. The molecule has 0 atom stereocenters. The van der Waals surface area contributed by atoms with Crippen molar-refractivity contribution in [2.24, 2.45) is 5.14 Å². The number of thiophene rings is 1. The molecule has 0 fully saturated rings. The van der Waals surface area contributed by atoms with Crippen LogP contribution >= 0.6 is 38.9 Å². The number of alkyl halides is 1. The quantitative estimate of drug-likeness (QED) is 0.350. The maximum atomic E-state index is 12.7. The van der Waals surface area contributed by atoms with Crippen LogP contribution in [0.2, 0.25) is 5.02 Å². The molecular formula is C20H17BrClNO4S2. The first-order valence-corrected chi connectivity index (χ1v) is 12.4. The molecule has 29 heavy (non-hydrogen) atoms. The van der Waals surface area contributed by atoms with Gasteiger partial charge in [0.25, 0.3) is 0 Å². The maximum absolute atomic E-state index is 12.7. The Labute approximate surface area is 186 Å². The Bertz CT molecular complexity index is 1140. The molecule has 2 aromatic carbocycles. The highest BCUT2D eigenvalue weighted by Gasteiger charge is 2.25. The van der Waals surface area contributed by atoms with E-state index in [0.29, 0.717) is 26.4 Å². The number of primary sulfonamides is 1. The van der Waals surface area contributed by atoms with E-state index in [-0.39, 0.29) is 11.5 Å². The number of hydrogen-bond acceptors (Lipinski definition) is 5. The summed E-state index contributed by atoms with van der Waals surface area (Å²) in [5.74, 6) is -0.426. The van der Waals surface area contributed by atoms with E-state index in [4.69, 9.17) is 21.5 Å². The molecule has 0 saturated carbocycles. The minimum Gasteiger partial charge on any atom is -0.462 e. The third kappa shape index (κ3) is 4.73. The van der Waals surface area contributed by atoms with Gasteiger partial charge in [0, 0.05) is 20.8 Å². The van der Waals surface area contributed by atoms with E-state index < -0.39 is 16.0 Å². The lowest BCUT2D eigenvalue weighted by atomic mass is 9.99. The van der Waals surface area contributed by atoms with Gasteiger partial charge in [0.1, 0.15) is 4.88 Å². The van der Waals surface area contributed by atoms with E-state index in [1.54, 1.807) is 31.2 Å². The van der Waals surface area contributed by atoms with Gasteiger partial charge in [0.15, 0.2) is 0 Å². The number of rotatable bonds is 6. The second kappa shape index (κ2) is 8.97. The molecule has 0 aliphatic rings. The van der Waals surface area contributed by atoms with Crippen LogP contribution in [0.1, 0.15) is 22.2 Å². The van der Waals surface area contributed by atoms with Crippen molar-refractivity contribution < 1.29 is 17.9 Å². The number of esters is 1. The van der Waals surface area contributed by atoms with Gasteiger partial charge in [-0.3, -0.25) is 0 Å². The van der Waals surface area contributed by atoms with Crippen molar-refractivity contribution in [3.63, 3.8) is 0 Å². The molecule has 9 heteroatoms. The second-order valence-corrected chi connectivity index (χ2v) is 9.62. The summed E-state index contributed by atoms with van der Waals surface area (Å²) >= 11 is 10.9. The lowest BCUT2D eigenvalue weighted by Gasteiger charge is -2.08. The van der Waals surface area contributed by atoms with Crippen LogP contribution in [0.15, 0.2) is 53.4 Å². The fourth-order valence-corrected chi connectivity index (χ4v) is 5.51. The molecule has 2 N–H and O–H groups in total. The molecular weight excluding hydrogens is 498 g/mol. The van der Waals surface area contributed by atoms with Crippen LogP contribution in [0, 0.1) is 0 Å². The molecule has 0 unspecified atom stereocenters. The first kappa shape index (κ1) is 22.0. The second-order valence-electron chi connectivity index (χ2n) is 6.04. The van der Waals surface area contributed by atoms with Gasteiger partial charge in [0.05, 0.1) is 11.5 Å². The van der Waals surface area contributed by atoms with E-state index >= 15 is 0 Å². The van der Waals surface area contributed by atoms with E-state index in [0.717, 1.165) is 16.0 Å². The van der Waals surface area contributed by atoms with Gasteiger partial charge >= 0.3 is 5.97 Å². The van der Waals surface area contributed by atoms with Gasteiger partial charge in [-0.1, -0.05) is 51.8 Å². The predicted octanol–water partition coefficient (Wildman–Crippen LogP) is 5.45. The van der Waals surface area contributed by atoms with E-state index in [9.17, 15) is 13.2 Å². The van der Waals surface area contributed by atoms with Gasteiger partial charge in [-0.15, -0.1) is 11.3 Å². The van der Waals surface area contributed by atoms with Crippen molar-refractivity contribution >= 4 is 54.9 Å². The van der Waals surface area contributed by atoms with Gasteiger partial charge < -0.3 is 4.74 Å². The van der Waals surface area contributed by atoms with Crippen molar-refractivity contribution in [3.8, 4) is 21.6 Å². The van der Waals surface area contributed by atoms with Gasteiger partial charge in [0.2, 0.25) is 10.0 Å². The highest BCUT2D eigenvalue weighted by Crippen LogP contribution is 2.44. The fourth-order valence-electron chi connectivity index (χ4n) is 2.88. The molecule has 0 aliphatic carbocycles. The van der Waals surface area contributed by atoms with Crippen molar-refractivity contribution in [3.05, 3.63) is 64.0 Å². The smallest absolute Gasteiger partial charge is 0.348 e. The van der Waals surface area contributed by atoms with Crippen LogP contribution in [0.3, 0.4) is 0 Å². The average Bonchev–Trinajstić information content (AvgIpc) is 3.08. The van der Waals surface area contributed by atoms with Crippen LogP contribution in [0.5, 0.6) is 0 Å². The lowest BCUT2D eigenvalue weighted by molar-refractivity contribution is 0.0533. The molecule has 1 aromatic heterocycles. The summed E-state index contributed by atoms with van der Waals surface area (Å²) in [6.07, 6.45) is 0. The van der Waals surface area contributed by atoms with Crippen molar-refractivity contribution in [1.29, 1.82) is 0 Å². The van der Waals surface area contributed by atoms with Crippen LogP contribution < -0.4 is 5.14 Å². The third-order valence-electron chi connectivity index (χ3n) is 4.18. The van der Waals surface area contributed by atoms with Crippen molar-refractivity contribution in [2.75, 3.05) is 6.61 Å². The molecule has 1 heterocycles. The SMILES string of the molecule is CCOC(=O)c1sc(-c2ccc(Cl)cc2)c(CBr)c1-c1ccc(S(N)(=O)=O)cc1. The van der Waals surface area contributed by atoms with E-state index in [2.05, 4.69) is 15.9 Å². The Morgan fingerprint density at radius 2 is 1.69 bits per heavy atom. The number of halogens is 2. The normalized spacial score (nSPS) is 11.4. The van der Waals surface area contributed by atoms with Gasteiger partial charge in [-0.05, 0) is 47.9 Å². The zero-order valence-corrected chi connectivity index (χ0v) is 19.3. The van der Waals surface area contributed by atoms with Gasteiger partial charge in [-0.2, -0.15) is 0 Å². The third-order valence-corrected chi connectivity index (χ3v) is 7.18. The average molecular weight is 515 g/mol. The Balaban J connectivity index is 2.23. The maximum Gasteiger partial charge on any atom is 0.348 e. The molecule has 0 amide bonds. The number of sulfonamides is 1. The Morgan fingerprint density at radius 3 is 2.21 bits per heavy atom. The summed E-state index contributed by atoms with van der Waals surface area (Å²) in [5.41, 5.74) is 3.23. The molecule has 0 spiro atoms. The minimum atomic E-state index is -3.81. The van der Waals surface area contributed by atoms with Crippen LogP contribution in [-0.4, -0.2) is 21.0 Å². The highest BCUT2D eigenvalue weighted by atomic mass is 79.9. The molecule has 0 saturated heterocycles. The number of carbonyl (C=O) groups is 1. The molecule has 152 valence electrons. The number of ether oxygens (including phenoxy) is 1. The van der Waals surface area contributed by atoms with Gasteiger partial charge in [-0.25, -0.2) is 18.4 Å². The Morgan fingerprint density at radius 1 is 1.10 bits per heavy atom. The standard InChI is InChI=1S/C20H17BrClNO4S2/c1-2-27-20(24)19-17(12-5-9-15(10-6-12)29(23,25)26)16(11-21)18(28-19)13-3-7-14(22)8-4-13/h3-10H,2,11H2,1H3,(H2,23,25,26). The topological polar surface area (TPSA) is 86.5 Å². The summed E-state index contributed by atoms with van der Waals surface area (Å²) in [4.78, 5) is 14.0. The van der Waals surface area contributed by atoms with E-state index in [1.165, 1.54) is 23.5 Å². The van der Waals surface area contributed by atoms with Crippen molar-refractivity contribution in [2.45, 2.75) is 17.1 Å². The summed E-state index contributed by atoms with van der Waals surface area (Å²) < 4.78 is 28.4. The first-order chi connectivity index (χ1) is 13.8. The molecule has 5 nitrogen and oxygen atoms in total. The highest BCUT2D eigenvalue weighted by molar-refractivity contribution is 9.08. The number of benzene rings is 2. The Hall–Kier alpha value is -1.71. The predicted molar refractivity (Wildman–Crippen MR) is 120 cm³/mol. The summed E-state index contributed by atoms with van der Waals surface area (Å²) in [6.45, 7) is 2.00. The number of nitrogens with two attached hydrogens (primary N) is 1. The summed E-state index contributed by atoms with van der Waals surface area (Å²) in [7, 11) is -3.81. The number of hydrogen-bond donors (Lipinski definition) is 1. The summed E-state index contributed by atoms with van der Waals surface area (Å²) in [6, 6.07) is 13.5.